The summed E-state index contributed by atoms with van der Waals surface area (Å²) in [4.78, 5) is 4.70. The molecular formula is C23H31N3O3. The zero-order valence-electron chi connectivity index (χ0n) is 17.5. The van der Waals surface area contributed by atoms with Crippen LogP contribution < -0.4 is 20.1 Å². The number of anilines is 1. The van der Waals surface area contributed by atoms with Gasteiger partial charge in [0, 0.05) is 24.7 Å². The number of guanidine groups is 1. The number of benzene rings is 2. The van der Waals surface area contributed by atoms with Crippen molar-refractivity contribution in [1.29, 1.82) is 0 Å². The number of hydrogen-bond donors (Lipinski definition) is 2. The van der Waals surface area contributed by atoms with Gasteiger partial charge in [-0.15, -0.1) is 0 Å². The van der Waals surface area contributed by atoms with E-state index in [-0.39, 0.29) is 6.10 Å². The van der Waals surface area contributed by atoms with Crippen molar-refractivity contribution in [3.63, 3.8) is 0 Å². The topological polar surface area (TPSA) is 64.1 Å². The molecule has 29 heavy (non-hydrogen) atoms. The van der Waals surface area contributed by atoms with Crippen LogP contribution in [0.15, 0.2) is 47.5 Å². The molecule has 1 aliphatic rings. The van der Waals surface area contributed by atoms with Crippen molar-refractivity contribution in [1.82, 2.24) is 5.32 Å². The summed E-state index contributed by atoms with van der Waals surface area (Å²) >= 11 is 0. The van der Waals surface area contributed by atoms with Crippen LogP contribution in [0.4, 0.5) is 5.69 Å². The van der Waals surface area contributed by atoms with Gasteiger partial charge in [0.2, 0.25) is 0 Å². The molecule has 1 aliphatic heterocycles. The molecule has 0 amide bonds. The molecule has 0 saturated heterocycles. The summed E-state index contributed by atoms with van der Waals surface area (Å²) in [5.41, 5.74) is 3.23. The van der Waals surface area contributed by atoms with E-state index in [0.29, 0.717) is 26.4 Å². The van der Waals surface area contributed by atoms with Crippen LogP contribution in [0.1, 0.15) is 38.3 Å². The van der Waals surface area contributed by atoms with Crippen LogP contribution in [0.5, 0.6) is 11.5 Å². The molecule has 0 unspecified atom stereocenters. The molecule has 0 bridgehead atoms. The predicted molar refractivity (Wildman–Crippen MR) is 117 cm³/mol. The second-order valence-electron chi connectivity index (χ2n) is 7.21. The third-order valence-corrected chi connectivity index (χ3v) is 4.38. The first-order valence-corrected chi connectivity index (χ1v) is 10.3. The van der Waals surface area contributed by atoms with Crippen LogP contribution >= 0.6 is 0 Å². The summed E-state index contributed by atoms with van der Waals surface area (Å²) in [7, 11) is 0. The highest BCUT2D eigenvalue weighted by molar-refractivity contribution is 5.93. The predicted octanol–water partition coefficient (Wildman–Crippen LogP) is 4.35. The maximum atomic E-state index is 5.77. The lowest BCUT2D eigenvalue weighted by molar-refractivity contribution is 0.0657. The van der Waals surface area contributed by atoms with Crippen molar-refractivity contribution >= 4 is 11.6 Å². The van der Waals surface area contributed by atoms with Crippen LogP contribution in [-0.4, -0.2) is 31.8 Å². The first-order valence-electron chi connectivity index (χ1n) is 10.3. The van der Waals surface area contributed by atoms with E-state index in [2.05, 4.69) is 41.8 Å². The molecule has 0 radical (unpaired) electrons. The Morgan fingerprint density at radius 2 is 1.76 bits per heavy atom. The summed E-state index contributed by atoms with van der Waals surface area (Å²) < 4.78 is 17.1. The Morgan fingerprint density at radius 3 is 2.48 bits per heavy atom. The maximum Gasteiger partial charge on any atom is 0.196 e. The molecule has 0 saturated carbocycles. The lowest BCUT2D eigenvalue weighted by Crippen LogP contribution is -2.30. The summed E-state index contributed by atoms with van der Waals surface area (Å²) in [5, 5.41) is 6.63. The molecule has 0 spiro atoms. The molecule has 0 aromatic heterocycles. The van der Waals surface area contributed by atoms with Gasteiger partial charge < -0.3 is 24.8 Å². The Bertz CT molecular complexity index is 804. The fourth-order valence-electron chi connectivity index (χ4n) is 2.86. The van der Waals surface area contributed by atoms with Gasteiger partial charge in [-0.3, -0.25) is 0 Å². The molecule has 1 heterocycles. The van der Waals surface area contributed by atoms with E-state index in [1.54, 1.807) is 0 Å². The molecule has 6 nitrogen and oxygen atoms in total. The minimum absolute atomic E-state index is 0.234. The molecule has 2 aromatic carbocycles. The average molecular weight is 398 g/mol. The molecule has 2 N–H and O–H groups in total. The van der Waals surface area contributed by atoms with Crippen LogP contribution in [0.25, 0.3) is 0 Å². The van der Waals surface area contributed by atoms with E-state index in [0.717, 1.165) is 41.7 Å². The minimum atomic E-state index is 0.234. The van der Waals surface area contributed by atoms with Crippen LogP contribution in [0.3, 0.4) is 0 Å². The highest BCUT2D eigenvalue weighted by Gasteiger charge is 2.11. The molecule has 156 valence electrons. The summed E-state index contributed by atoms with van der Waals surface area (Å²) in [5.74, 6) is 2.29. The summed E-state index contributed by atoms with van der Waals surface area (Å²) in [6.45, 7) is 9.50. The average Bonchev–Trinajstić information content (AvgIpc) is 2.96. The van der Waals surface area contributed by atoms with E-state index in [1.165, 1.54) is 5.56 Å². The van der Waals surface area contributed by atoms with Crippen molar-refractivity contribution in [2.75, 3.05) is 25.1 Å². The fraction of sp³-hybridized carbons (Fsp3) is 0.435. The van der Waals surface area contributed by atoms with Gasteiger partial charge in [0.05, 0.1) is 32.5 Å². The maximum absolute atomic E-state index is 5.77. The zero-order valence-corrected chi connectivity index (χ0v) is 17.5. The van der Waals surface area contributed by atoms with Gasteiger partial charge in [-0.1, -0.05) is 24.3 Å². The van der Waals surface area contributed by atoms with Gasteiger partial charge in [-0.2, -0.15) is 0 Å². The number of nitrogens with zero attached hydrogens (tertiary/aromatic N) is 1. The Morgan fingerprint density at radius 1 is 1.03 bits per heavy atom. The minimum Gasteiger partial charge on any atom is -0.490 e. The Balaban J connectivity index is 1.63. The number of rotatable bonds is 7. The molecular weight excluding hydrogens is 366 g/mol. The molecule has 0 aliphatic carbocycles. The molecule has 6 heteroatoms. The quantitative estimate of drug-likeness (QED) is 0.537. The largest absolute Gasteiger partial charge is 0.490 e. The van der Waals surface area contributed by atoms with Gasteiger partial charge in [0.1, 0.15) is 0 Å². The Hall–Kier alpha value is -2.73. The van der Waals surface area contributed by atoms with Crippen molar-refractivity contribution < 1.29 is 14.2 Å². The highest BCUT2D eigenvalue weighted by atomic mass is 16.5. The summed E-state index contributed by atoms with van der Waals surface area (Å²) in [6.07, 6.45) is 1.13. The van der Waals surface area contributed by atoms with Crippen molar-refractivity contribution in [2.45, 2.75) is 46.4 Å². The molecule has 0 atom stereocenters. The fourth-order valence-corrected chi connectivity index (χ4v) is 2.86. The lowest BCUT2D eigenvalue weighted by atomic mass is 10.1. The monoisotopic (exact) mass is 397 g/mol. The van der Waals surface area contributed by atoms with Gasteiger partial charge >= 0.3 is 0 Å². The number of fused-ring (bicyclic) bond motifs is 1. The van der Waals surface area contributed by atoms with E-state index in [9.17, 15) is 0 Å². The SMILES string of the molecule is CCNC(=NCc1ccc(COC(C)C)cc1)Nc1ccc2c(c1)OCCCO2. The number of nitrogens with one attached hydrogen (secondary N) is 2. The number of hydrogen-bond acceptors (Lipinski definition) is 4. The van der Waals surface area contributed by atoms with Crippen molar-refractivity contribution in [3.8, 4) is 11.5 Å². The second kappa shape index (κ2) is 10.7. The lowest BCUT2D eigenvalue weighted by Gasteiger charge is -2.14. The Labute approximate surface area is 173 Å². The van der Waals surface area contributed by atoms with Gasteiger partial charge in [0.15, 0.2) is 17.5 Å². The smallest absolute Gasteiger partial charge is 0.196 e. The number of ether oxygens (including phenoxy) is 3. The highest BCUT2D eigenvalue weighted by Crippen LogP contribution is 2.32. The van der Waals surface area contributed by atoms with Crippen molar-refractivity contribution in [2.24, 2.45) is 4.99 Å². The Kier molecular flexibility index (Phi) is 7.76. The normalized spacial score (nSPS) is 13.9. The van der Waals surface area contributed by atoms with Gasteiger partial charge in [-0.25, -0.2) is 4.99 Å². The first kappa shape index (κ1) is 21.0. The van der Waals surface area contributed by atoms with E-state index < -0.39 is 0 Å². The van der Waals surface area contributed by atoms with E-state index >= 15 is 0 Å². The zero-order chi connectivity index (χ0) is 20.5. The molecule has 3 rings (SSSR count). The van der Waals surface area contributed by atoms with Crippen LogP contribution in [0.2, 0.25) is 0 Å². The summed E-state index contributed by atoms with van der Waals surface area (Å²) in [6, 6.07) is 14.2. The van der Waals surface area contributed by atoms with E-state index in [4.69, 9.17) is 19.2 Å². The second-order valence-corrected chi connectivity index (χ2v) is 7.21. The van der Waals surface area contributed by atoms with Crippen molar-refractivity contribution in [3.05, 3.63) is 53.6 Å². The third kappa shape index (κ3) is 6.68. The first-order chi connectivity index (χ1) is 14.1. The van der Waals surface area contributed by atoms with Crippen LogP contribution in [0, 0.1) is 0 Å². The molecule has 2 aromatic rings. The van der Waals surface area contributed by atoms with Gasteiger partial charge in [0.25, 0.3) is 0 Å². The van der Waals surface area contributed by atoms with E-state index in [1.807, 2.05) is 32.0 Å². The number of aliphatic imine (C=N–C) groups is 1. The standard InChI is InChI=1S/C23H31N3O3/c1-4-24-23(25-15-18-6-8-19(9-7-18)16-29-17(2)3)26-20-10-11-21-22(14-20)28-13-5-12-27-21/h6-11,14,17H,4-5,12-13,15-16H2,1-3H3,(H2,24,25,26). The third-order valence-electron chi connectivity index (χ3n) is 4.38. The van der Waals surface area contributed by atoms with Crippen LogP contribution in [-0.2, 0) is 17.9 Å². The molecule has 0 fully saturated rings. The van der Waals surface area contributed by atoms with Gasteiger partial charge in [-0.05, 0) is 44.0 Å².